The van der Waals surface area contributed by atoms with E-state index < -0.39 is 36.3 Å². The third-order valence-electron chi connectivity index (χ3n) is 6.33. The summed E-state index contributed by atoms with van der Waals surface area (Å²) in [4.78, 5) is 27.7. The monoisotopic (exact) mass is 471 g/mol. The Morgan fingerprint density at radius 1 is 1.09 bits per heavy atom. The van der Waals surface area contributed by atoms with Gasteiger partial charge >= 0.3 is 0 Å². The van der Waals surface area contributed by atoms with E-state index in [0.717, 1.165) is 32.2 Å². The fraction of sp³-hybridized carbons (Fsp3) is 0.333. The molecule has 0 radical (unpaired) electrons. The van der Waals surface area contributed by atoms with Crippen LogP contribution in [0.2, 0.25) is 0 Å². The molecule has 9 heteroatoms. The quantitative estimate of drug-likeness (QED) is 0.732. The number of halogens is 2. The van der Waals surface area contributed by atoms with Crippen molar-refractivity contribution in [1.82, 2.24) is 14.9 Å². The van der Waals surface area contributed by atoms with Gasteiger partial charge in [-0.05, 0) is 22.8 Å². The topological polar surface area (TPSA) is 64.1 Å². The summed E-state index contributed by atoms with van der Waals surface area (Å²) in [6.45, 7) is 1.00. The average Bonchev–Trinajstić information content (AvgIpc) is 2.96. The molecule has 1 amide bonds. The number of aliphatic hydroxyl groups excluding tert-OH is 1. The lowest BCUT2D eigenvalue weighted by molar-refractivity contribution is -0.164. The molecule has 2 aromatic carbocycles. The van der Waals surface area contributed by atoms with Crippen LogP contribution in [0.1, 0.15) is 29.7 Å². The summed E-state index contributed by atoms with van der Waals surface area (Å²) in [6, 6.07) is 15.5. The zero-order valence-corrected chi connectivity index (χ0v) is 18.8. The van der Waals surface area contributed by atoms with Crippen LogP contribution in [0.3, 0.4) is 0 Å². The van der Waals surface area contributed by atoms with E-state index in [4.69, 9.17) is 0 Å². The lowest BCUT2D eigenvalue weighted by Gasteiger charge is -2.51. The number of amides is 1. The van der Waals surface area contributed by atoms with Crippen molar-refractivity contribution in [3.63, 3.8) is 0 Å². The number of carbonyl (C=O) groups is 2. The van der Waals surface area contributed by atoms with Crippen LogP contribution < -0.4 is 0 Å². The minimum absolute atomic E-state index is 0.0845. The van der Waals surface area contributed by atoms with E-state index in [-0.39, 0.29) is 25.0 Å². The molecular formula is C24H23F2N3O3S. The van der Waals surface area contributed by atoms with Crippen molar-refractivity contribution in [2.45, 2.75) is 30.0 Å². The van der Waals surface area contributed by atoms with Gasteiger partial charge in [-0.1, -0.05) is 49.4 Å². The third-order valence-corrected chi connectivity index (χ3v) is 7.47. The number of carbonyl (C=O) groups excluding carboxylic acids is 2. The predicted octanol–water partition coefficient (Wildman–Crippen LogP) is 3.95. The van der Waals surface area contributed by atoms with Gasteiger partial charge in [-0.3, -0.25) is 14.6 Å². The first-order valence-corrected chi connectivity index (χ1v) is 11.7. The summed E-state index contributed by atoms with van der Waals surface area (Å²) < 4.78 is 26.8. The molecule has 6 nitrogen and oxygen atoms in total. The Labute approximate surface area is 194 Å². The first kappa shape index (κ1) is 21.9. The molecule has 0 aliphatic carbocycles. The predicted molar refractivity (Wildman–Crippen MR) is 119 cm³/mol. The van der Waals surface area contributed by atoms with Gasteiger partial charge in [0.1, 0.15) is 0 Å². The van der Waals surface area contributed by atoms with Gasteiger partial charge in [0.2, 0.25) is 5.78 Å². The van der Waals surface area contributed by atoms with Gasteiger partial charge in [0.05, 0.1) is 19.3 Å². The summed E-state index contributed by atoms with van der Waals surface area (Å²) in [5.74, 6) is -1.76. The number of aliphatic hydroxyl groups is 1. The number of fused-ring (bicyclic) bond motifs is 3. The highest BCUT2D eigenvalue weighted by atomic mass is 32.2. The number of alkyl halides is 2. The zero-order valence-electron chi connectivity index (χ0n) is 17.9. The van der Waals surface area contributed by atoms with Crippen molar-refractivity contribution in [2.24, 2.45) is 5.92 Å². The van der Waals surface area contributed by atoms with Crippen LogP contribution in [0.15, 0.2) is 64.9 Å². The largest absolute Gasteiger partial charge is 0.503 e. The molecule has 33 heavy (non-hydrogen) atoms. The highest BCUT2D eigenvalue weighted by molar-refractivity contribution is 7.98. The van der Waals surface area contributed by atoms with Crippen LogP contribution in [-0.2, 0) is 15.3 Å². The molecule has 0 spiro atoms. The van der Waals surface area contributed by atoms with Crippen LogP contribution in [0.4, 0.5) is 8.78 Å². The number of ketones is 1. The Kier molecular flexibility index (Phi) is 5.62. The molecule has 172 valence electrons. The maximum absolute atomic E-state index is 13.4. The summed E-state index contributed by atoms with van der Waals surface area (Å²) >= 11 is 1.70. The highest BCUT2D eigenvalue weighted by Gasteiger charge is 2.47. The standard InChI is InChI=1S/C24H23F2N3O3S/c1-14-10-28-21(23(31)22(14)30)24(32)27(11-19(25)26)13-29(28)20-16-7-3-2-6-15(16)12-33-18-9-5-4-8-17(18)20/h2-9,14,19-20,31H,10-13H2,1H3. The Balaban J connectivity index is 1.71. The van der Waals surface area contributed by atoms with Crippen LogP contribution in [-0.4, -0.2) is 57.9 Å². The SMILES string of the molecule is CC1CN2C(=C(O)C1=O)C(=O)N(CC(F)F)CN2C1c2ccccc2CSc2ccccc21. The maximum atomic E-state index is 13.4. The molecule has 0 aromatic heterocycles. The fourth-order valence-corrected chi connectivity index (χ4v) is 5.85. The van der Waals surface area contributed by atoms with Crippen molar-refractivity contribution in [3.05, 3.63) is 76.7 Å². The van der Waals surface area contributed by atoms with Gasteiger partial charge in [-0.15, -0.1) is 11.8 Å². The molecule has 1 saturated heterocycles. The fourth-order valence-electron chi connectivity index (χ4n) is 4.76. The van der Waals surface area contributed by atoms with E-state index >= 15 is 0 Å². The molecule has 0 saturated carbocycles. The molecule has 2 aromatic rings. The number of allylic oxidation sites excluding steroid dienone is 1. The molecule has 2 atom stereocenters. The smallest absolute Gasteiger partial charge is 0.276 e. The summed E-state index contributed by atoms with van der Waals surface area (Å²) in [6.07, 6.45) is -2.74. The van der Waals surface area contributed by atoms with Crippen LogP contribution in [0.5, 0.6) is 0 Å². The second kappa shape index (κ2) is 8.46. The number of hydrogen-bond donors (Lipinski definition) is 1. The van der Waals surface area contributed by atoms with E-state index in [1.54, 1.807) is 23.7 Å². The van der Waals surface area contributed by atoms with Crippen LogP contribution in [0.25, 0.3) is 0 Å². The number of benzene rings is 2. The number of rotatable bonds is 3. The first-order valence-electron chi connectivity index (χ1n) is 10.7. The molecule has 2 unspecified atom stereocenters. The molecule has 3 aliphatic heterocycles. The molecular weight excluding hydrogens is 448 g/mol. The normalized spacial score (nSPS) is 23.4. The number of thioether (sulfide) groups is 1. The highest BCUT2D eigenvalue weighted by Crippen LogP contribution is 2.45. The molecule has 3 heterocycles. The number of nitrogens with zero attached hydrogens (tertiary/aromatic N) is 3. The third kappa shape index (κ3) is 3.69. The van der Waals surface area contributed by atoms with E-state index in [0.29, 0.717) is 0 Å². The Bertz CT molecular complexity index is 1110. The lowest BCUT2D eigenvalue weighted by Crippen LogP contribution is -2.62. The van der Waals surface area contributed by atoms with E-state index in [9.17, 15) is 23.5 Å². The molecule has 3 aliphatic rings. The summed E-state index contributed by atoms with van der Waals surface area (Å²) in [5, 5.41) is 14.1. The minimum Gasteiger partial charge on any atom is -0.503 e. The first-order chi connectivity index (χ1) is 15.9. The average molecular weight is 472 g/mol. The van der Waals surface area contributed by atoms with E-state index in [1.807, 2.05) is 53.5 Å². The van der Waals surface area contributed by atoms with Crippen molar-refractivity contribution in [1.29, 1.82) is 0 Å². The minimum atomic E-state index is -2.74. The van der Waals surface area contributed by atoms with Crippen LogP contribution in [0, 0.1) is 5.92 Å². The number of hydrogen-bond acceptors (Lipinski definition) is 6. The zero-order chi connectivity index (χ0) is 23.3. The van der Waals surface area contributed by atoms with Gasteiger partial charge in [-0.2, -0.15) is 5.01 Å². The lowest BCUT2D eigenvalue weighted by atomic mass is 9.93. The van der Waals surface area contributed by atoms with Gasteiger partial charge in [0.15, 0.2) is 11.5 Å². The molecule has 1 fully saturated rings. The number of hydrazine groups is 1. The molecule has 5 rings (SSSR count). The number of Topliss-reactive ketones (excluding diaryl/α,β-unsaturated/α-hetero) is 1. The Morgan fingerprint density at radius 3 is 2.55 bits per heavy atom. The second-order valence-corrected chi connectivity index (χ2v) is 9.49. The Hall–Kier alpha value is -2.91. The van der Waals surface area contributed by atoms with Gasteiger partial charge in [-0.25, -0.2) is 8.78 Å². The second-order valence-electron chi connectivity index (χ2n) is 8.47. The summed E-state index contributed by atoms with van der Waals surface area (Å²) in [7, 11) is 0. The maximum Gasteiger partial charge on any atom is 0.276 e. The van der Waals surface area contributed by atoms with Crippen molar-refractivity contribution in [2.75, 3.05) is 19.8 Å². The van der Waals surface area contributed by atoms with E-state index in [2.05, 4.69) is 0 Å². The van der Waals surface area contributed by atoms with Crippen molar-refractivity contribution < 1.29 is 23.5 Å². The van der Waals surface area contributed by atoms with Crippen molar-refractivity contribution >= 4 is 23.5 Å². The Morgan fingerprint density at radius 2 is 1.79 bits per heavy atom. The van der Waals surface area contributed by atoms with Gasteiger partial charge < -0.3 is 10.0 Å². The van der Waals surface area contributed by atoms with Crippen LogP contribution >= 0.6 is 11.8 Å². The van der Waals surface area contributed by atoms with Gasteiger partial charge in [0.25, 0.3) is 12.3 Å². The molecule has 0 bridgehead atoms. The summed E-state index contributed by atoms with van der Waals surface area (Å²) in [5.41, 5.74) is 2.88. The van der Waals surface area contributed by atoms with E-state index in [1.165, 1.54) is 0 Å². The van der Waals surface area contributed by atoms with Gasteiger partial charge in [0, 0.05) is 23.1 Å². The molecule has 1 N–H and O–H groups in total. The van der Waals surface area contributed by atoms with Crippen molar-refractivity contribution in [3.8, 4) is 0 Å².